The van der Waals surface area contributed by atoms with Gasteiger partial charge in [0.1, 0.15) is 0 Å². The number of nitrogens with two attached hydrogens (primary N) is 1. The molecule has 1 saturated carbocycles. The highest BCUT2D eigenvalue weighted by Gasteiger charge is 2.27. The maximum Gasteiger partial charge on any atom is 0.256 e. The summed E-state index contributed by atoms with van der Waals surface area (Å²) in [6, 6.07) is 5.73. The van der Waals surface area contributed by atoms with Crippen molar-refractivity contribution in [2.75, 3.05) is 18.5 Å². The molecule has 1 aromatic carbocycles. The van der Waals surface area contributed by atoms with E-state index in [1.165, 1.54) is 12.8 Å². The molecule has 0 heterocycles. The number of hydrogen-bond donors (Lipinski definition) is 2. The Hall–Kier alpha value is -1.55. The Labute approximate surface area is 114 Å². The minimum atomic E-state index is 0.0849. The smallest absolute Gasteiger partial charge is 0.256 e. The van der Waals surface area contributed by atoms with Gasteiger partial charge in [-0.1, -0.05) is 13.0 Å². The van der Waals surface area contributed by atoms with Crippen LogP contribution in [0.5, 0.6) is 0 Å². The van der Waals surface area contributed by atoms with Crippen LogP contribution >= 0.6 is 0 Å². The van der Waals surface area contributed by atoms with E-state index in [9.17, 15) is 4.79 Å². The lowest BCUT2D eigenvalue weighted by Crippen LogP contribution is -2.34. The molecule has 0 aliphatic heterocycles. The molecule has 0 spiro atoms. The first-order valence-electron chi connectivity index (χ1n) is 7.02. The van der Waals surface area contributed by atoms with Gasteiger partial charge in [-0.25, -0.2) is 0 Å². The number of nitrogens with zero attached hydrogens (tertiary/aromatic N) is 1. The first-order valence-corrected chi connectivity index (χ1v) is 7.02. The minimum Gasteiger partial charge on any atom is -0.338 e. The molecule has 1 aliphatic carbocycles. The Bertz CT molecular complexity index is 455. The quantitative estimate of drug-likeness (QED) is 0.611. The molecule has 104 valence electrons. The Balaban J connectivity index is 2.19. The van der Waals surface area contributed by atoms with E-state index in [-0.39, 0.29) is 5.91 Å². The second kappa shape index (κ2) is 6.06. The summed E-state index contributed by atoms with van der Waals surface area (Å²) in [4.78, 5) is 14.6. The Morgan fingerprint density at radius 2 is 2.21 bits per heavy atom. The third-order valence-electron chi connectivity index (χ3n) is 3.52. The number of amides is 1. The van der Waals surface area contributed by atoms with Crippen LogP contribution in [0.25, 0.3) is 0 Å². The van der Waals surface area contributed by atoms with Crippen molar-refractivity contribution in [2.45, 2.75) is 33.1 Å². The molecule has 3 N–H and O–H groups in total. The average molecular weight is 261 g/mol. The van der Waals surface area contributed by atoms with E-state index in [2.05, 4.69) is 12.3 Å². The molecule has 0 bridgehead atoms. The van der Waals surface area contributed by atoms with Gasteiger partial charge in [-0.05, 0) is 49.8 Å². The third-order valence-corrected chi connectivity index (χ3v) is 3.52. The average Bonchev–Trinajstić information content (AvgIpc) is 3.21. The highest BCUT2D eigenvalue weighted by atomic mass is 16.2. The predicted molar refractivity (Wildman–Crippen MR) is 77.9 cm³/mol. The van der Waals surface area contributed by atoms with Crippen molar-refractivity contribution in [1.29, 1.82) is 0 Å². The number of hydrogen-bond acceptors (Lipinski definition) is 3. The summed E-state index contributed by atoms with van der Waals surface area (Å²) in [5.41, 5.74) is 5.11. The van der Waals surface area contributed by atoms with Crippen LogP contribution < -0.4 is 11.3 Å². The largest absolute Gasteiger partial charge is 0.338 e. The van der Waals surface area contributed by atoms with Gasteiger partial charge in [-0.2, -0.15) is 0 Å². The number of nitrogens with one attached hydrogen (secondary N) is 1. The zero-order valence-corrected chi connectivity index (χ0v) is 11.8. The highest BCUT2D eigenvalue weighted by Crippen LogP contribution is 2.30. The summed E-state index contributed by atoms with van der Waals surface area (Å²) in [7, 11) is 0. The zero-order valence-electron chi connectivity index (χ0n) is 11.8. The minimum absolute atomic E-state index is 0.0849. The molecule has 2 rings (SSSR count). The fraction of sp³-hybridized carbons (Fsp3) is 0.533. The van der Waals surface area contributed by atoms with Crippen LogP contribution in [0.3, 0.4) is 0 Å². The number of nitrogen functional groups attached to an aromatic ring is 1. The van der Waals surface area contributed by atoms with Crippen molar-refractivity contribution >= 4 is 11.6 Å². The molecule has 0 unspecified atom stereocenters. The molecule has 0 radical (unpaired) electrons. The number of benzene rings is 1. The van der Waals surface area contributed by atoms with Gasteiger partial charge in [-0.3, -0.25) is 10.6 Å². The van der Waals surface area contributed by atoms with E-state index < -0.39 is 0 Å². The van der Waals surface area contributed by atoms with Crippen molar-refractivity contribution in [3.05, 3.63) is 29.3 Å². The van der Waals surface area contributed by atoms with Crippen LogP contribution in [0.2, 0.25) is 0 Å². The summed E-state index contributed by atoms with van der Waals surface area (Å²) < 4.78 is 0. The summed E-state index contributed by atoms with van der Waals surface area (Å²) in [5.74, 6) is 6.31. The Morgan fingerprint density at radius 1 is 1.47 bits per heavy atom. The molecule has 0 atom stereocenters. The Kier molecular flexibility index (Phi) is 4.43. The van der Waals surface area contributed by atoms with Crippen molar-refractivity contribution in [2.24, 2.45) is 11.8 Å². The molecule has 1 aromatic rings. The van der Waals surface area contributed by atoms with Gasteiger partial charge in [0.2, 0.25) is 0 Å². The van der Waals surface area contributed by atoms with Crippen LogP contribution in [0, 0.1) is 12.8 Å². The van der Waals surface area contributed by atoms with Crippen LogP contribution in [0.1, 0.15) is 42.1 Å². The standard InChI is InChI=1S/C15H23N3O/c1-3-8-18(10-12-5-6-12)15(19)13-7-4-11(2)9-14(13)17-16/h4,7,9,12,17H,3,5-6,8,10,16H2,1-2H3. The van der Waals surface area contributed by atoms with E-state index in [4.69, 9.17) is 5.84 Å². The second-order valence-electron chi connectivity index (χ2n) is 5.39. The lowest BCUT2D eigenvalue weighted by Gasteiger charge is -2.23. The number of anilines is 1. The monoisotopic (exact) mass is 261 g/mol. The lowest BCUT2D eigenvalue weighted by atomic mass is 10.1. The number of carbonyl (C=O) groups excluding carboxylic acids is 1. The SMILES string of the molecule is CCCN(CC1CC1)C(=O)c1ccc(C)cc1NN. The topological polar surface area (TPSA) is 58.4 Å². The van der Waals surface area contributed by atoms with E-state index in [0.29, 0.717) is 17.2 Å². The first-order chi connectivity index (χ1) is 9.15. The van der Waals surface area contributed by atoms with E-state index in [1.807, 2.05) is 30.0 Å². The van der Waals surface area contributed by atoms with Crippen LogP contribution in [-0.4, -0.2) is 23.9 Å². The van der Waals surface area contributed by atoms with E-state index in [0.717, 1.165) is 25.1 Å². The summed E-state index contributed by atoms with van der Waals surface area (Å²) in [6.07, 6.45) is 3.49. The maximum atomic E-state index is 12.6. The van der Waals surface area contributed by atoms with Crippen molar-refractivity contribution in [3.8, 4) is 0 Å². The molecule has 1 fully saturated rings. The number of rotatable bonds is 6. The van der Waals surface area contributed by atoms with Gasteiger partial charge < -0.3 is 10.3 Å². The van der Waals surface area contributed by atoms with Gasteiger partial charge in [0, 0.05) is 13.1 Å². The highest BCUT2D eigenvalue weighted by molar-refractivity contribution is 5.99. The second-order valence-corrected chi connectivity index (χ2v) is 5.39. The molecular weight excluding hydrogens is 238 g/mol. The summed E-state index contributed by atoms with van der Waals surface area (Å²) in [6.45, 7) is 5.78. The van der Waals surface area contributed by atoms with Crippen molar-refractivity contribution in [3.63, 3.8) is 0 Å². The van der Waals surface area contributed by atoms with Gasteiger partial charge >= 0.3 is 0 Å². The van der Waals surface area contributed by atoms with Crippen molar-refractivity contribution < 1.29 is 4.79 Å². The number of aryl methyl sites for hydroxylation is 1. The molecule has 0 aromatic heterocycles. The first kappa shape index (κ1) is 13.9. The molecule has 19 heavy (non-hydrogen) atoms. The Morgan fingerprint density at radius 3 is 2.79 bits per heavy atom. The van der Waals surface area contributed by atoms with Gasteiger partial charge in [0.05, 0.1) is 11.3 Å². The predicted octanol–water partition coefficient (Wildman–Crippen LogP) is 2.54. The summed E-state index contributed by atoms with van der Waals surface area (Å²) >= 11 is 0. The third kappa shape index (κ3) is 3.47. The molecule has 1 aliphatic rings. The van der Waals surface area contributed by atoms with Crippen molar-refractivity contribution in [1.82, 2.24) is 4.90 Å². The van der Waals surface area contributed by atoms with Gasteiger partial charge in [-0.15, -0.1) is 0 Å². The molecular formula is C15H23N3O. The molecule has 0 saturated heterocycles. The molecule has 4 heteroatoms. The number of hydrazine groups is 1. The van der Waals surface area contributed by atoms with E-state index >= 15 is 0 Å². The van der Waals surface area contributed by atoms with E-state index in [1.54, 1.807) is 0 Å². The fourth-order valence-electron chi connectivity index (χ4n) is 2.29. The normalized spacial score (nSPS) is 14.3. The molecule has 4 nitrogen and oxygen atoms in total. The lowest BCUT2D eigenvalue weighted by molar-refractivity contribution is 0.0748. The van der Waals surface area contributed by atoms with Crippen LogP contribution in [0.4, 0.5) is 5.69 Å². The van der Waals surface area contributed by atoms with Crippen LogP contribution in [0.15, 0.2) is 18.2 Å². The summed E-state index contributed by atoms with van der Waals surface area (Å²) in [5, 5.41) is 0. The number of carbonyl (C=O) groups is 1. The van der Waals surface area contributed by atoms with Gasteiger partial charge in [0.25, 0.3) is 5.91 Å². The van der Waals surface area contributed by atoms with Crippen LogP contribution in [-0.2, 0) is 0 Å². The fourth-order valence-corrected chi connectivity index (χ4v) is 2.29. The molecule has 1 amide bonds. The van der Waals surface area contributed by atoms with Gasteiger partial charge in [0.15, 0.2) is 0 Å². The zero-order chi connectivity index (χ0) is 13.8. The maximum absolute atomic E-state index is 12.6.